The summed E-state index contributed by atoms with van der Waals surface area (Å²) in [5.41, 5.74) is 11.2. The molecule has 49 heteroatoms. The van der Waals surface area contributed by atoms with Crippen LogP contribution in [0.4, 0.5) is 0 Å². The minimum atomic E-state index is -0.780. The molecule has 4 aromatic carbocycles. The number of aromatic nitrogens is 4. The van der Waals surface area contributed by atoms with Gasteiger partial charge in [-0.15, -0.1) is 22.1 Å². The van der Waals surface area contributed by atoms with E-state index in [1.54, 1.807) is 0 Å². The first kappa shape index (κ1) is 80.3. The molecule has 13 rings (SSSR count). The van der Waals surface area contributed by atoms with Gasteiger partial charge >= 0.3 is 17.1 Å². The number of rotatable bonds is 32. The molecule has 0 N–H and O–H groups in total. The van der Waals surface area contributed by atoms with Gasteiger partial charge in [-0.3, -0.25) is 0 Å². The molecular weight excluding hydrogens is 1290 g/mol. The molecule has 7 aromatic rings. The predicted octanol–water partition coefficient (Wildman–Crippen LogP) is -1.92. The second-order valence-corrected chi connectivity index (χ2v) is 29.6. The topological polar surface area (TPSA) is 90.9 Å². The molecule has 105 heavy (non-hydrogen) atoms. The van der Waals surface area contributed by atoms with E-state index < -0.39 is 76.6 Å². The predicted molar refractivity (Wildman–Crippen MR) is 485 cm³/mol. The van der Waals surface area contributed by atoms with Crippen molar-refractivity contribution in [3.63, 3.8) is 0 Å². The zero-order valence-corrected chi connectivity index (χ0v) is 59.6. The smallest absolute Gasteiger partial charge is 0.657 e. The van der Waals surface area contributed by atoms with Gasteiger partial charge in [0.2, 0.25) is 0 Å². The average Bonchev–Trinajstić information content (AvgIpc) is 1.63. The average molecular weight is 1330 g/mol. The second kappa shape index (κ2) is 34.6. The van der Waals surface area contributed by atoms with E-state index in [0.29, 0.717) is 94.3 Å². The Kier molecular flexibility index (Phi) is 26.5. The third kappa shape index (κ3) is 18.4. The van der Waals surface area contributed by atoms with Crippen molar-refractivity contribution in [3.8, 4) is 67.5 Å². The fraction of sp³-hybridized carbons (Fsp3) is 0.214. The first-order valence-electron chi connectivity index (χ1n) is 35.9. The van der Waals surface area contributed by atoms with Crippen LogP contribution in [0, 0.1) is 0 Å². The summed E-state index contributed by atoms with van der Waals surface area (Å²) in [4.78, 5) is 22.3. The minimum Gasteiger partial charge on any atom is -0.657 e. The van der Waals surface area contributed by atoms with Crippen LogP contribution in [0.5, 0.6) is 23.0 Å². The zero-order valence-electron chi connectivity index (χ0n) is 58.6. The summed E-state index contributed by atoms with van der Waals surface area (Å²) in [6.07, 6.45) is 1.85. The van der Waals surface area contributed by atoms with Gasteiger partial charge in [0.15, 0.2) is 0 Å². The van der Waals surface area contributed by atoms with Gasteiger partial charge in [-0.05, 0) is 141 Å². The molecule has 41 radical (unpaired) electrons. The Bertz CT molecular complexity index is 3930. The molecule has 0 saturated carbocycles. The van der Waals surface area contributed by atoms with Crippen molar-refractivity contribution in [1.29, 1.82) is 0 Å². The van der Waals surface area contributed by atoms with Gasteiger partial charge in [-0.25, -0.2) is 9.97 Å². The summed E-state index contributed by atoms with van der Waals surface area (Å²) < 4.78 is 26.6. The van der Waals surface area contributed by atoms with Gasteiger partial charge in [0.25, 0.3) is 0 Å². The Morgan fingerprint density at radius 3 is 0.705 bits per heavy atom. The van der Waals surface area contributed by atoms with Crippen LogP contribution in [0.3, 0.4) is 0 Å². The van der Waals surface area contributed by atoms with Gasteiger partial charge in [-0.1, -0.05) is 98.1 Å². The van der Waals surface area contributed by atoms with Crippen molar-refractivity contribution in [2.75, 3.05) is 26.4 Å². The van der Waals surface area contributed by atoms with E-state index in [4.69, 9.17) is 194 Å². The van der Waals surface area contributed by atoms with Crippen LogP contribution >= 0.6 is 0 Å². The molecule has 0 spiro atoms. The maximum atomic E-state index is 6.64. The quantitative estimate of drug-likeness (QED) is 0.0452. The Morgan fingerprint density at radius 1 is 0.305 bits per heavy atom. The Labute approximate surface area is 666 Å². The fourth-order valence-corrected chi connectivity index (χ4v) is 16.1. The van der Waals surface area contributed by atoms with E-state index >= 15 is 0 Å². The van der Waals surface area contributed by atoms with Gasteiger partial charge in [0.1, 0.15) is 23.0 Å². The number of fused-ring (bicyclic) bond motifs is 8. The molecule has 6 aliphatic heterocycles. The number of nitrogens with zero attached hydrogens (tertiary/aromatic N) is 4. The van der Waals surface area contributed by atoms with Gasteiger partial charge < -0.3 is 28.9 Å². The van der Waals surface area contributed by atoms with E-state index in [1.165, 1.54) is 0 Å². The van der Waals surface area contributed by atoms with Crippen LogP contribution in [-0.4, -0.2) is 320 Å². The molecule has 0 amide bonds. The number of ether oxygens (including phenoxy) is 4. The van der Waals surface area contributed by atoms with E-state index in [9.17, 15) is 0 Å². The monoisotopic (exact) mass is 1340 g/mol. The van der Waals surface area contributed by atoms with E-state index in [1.807, 2.05) is 146 Å². The number of benzene rings is 4. The second-order valence-electron chi connectivity index (χ2n) is 29.6. The first-order valence-corrected chi connectivity index (χ1v) is 35.9. The molecule has 3 aromatic heterocycles. The molecule has 9 heterocycles. The maximum absolute atomic E-state index is 6.64. The molecule has 0 aliphatic carbocycles. The van der Waals surface area contributed by atoms with Crippen molar-refractivity contribution in [1.82, 2.24) is 19.9 Å². The van der Waals surface area contributed by atoms with Crippen LogP contribution in [0.25, 0.3) is 90.9 Å². The first-order chi connectivity index (χ1) is 49.8. The standard InChI is InChI=1S/C56H44B40N4O4.Cu/c57-81(58)89(73)93(85(65)66)77-25-37(77)29-101-41-9-1-5-33(21-41)53-45-13-15-47(97-45)54(34-6-2-10-42(22-34)102-30-38-26-78(38)94(86(67)68)90(74)82(59)60)49-17-19-51(99-49)56(36-8-4-12-44(24-36)104-32-40-28-80(40)96(88(71)72)92(76)84(63)64)52-20-18-50(100-52)55(48-16-14-46(53)98-48)35-7-3-11-43(23-35)103-31-39-27-79(39)95(87(69)70)91(75)83(61)62;/h1-24,37-40H,25-32H2;/q-2;+2. The Hall–Kier alpha value is -4.20. The van der Waals surface area contributed by atoms with Gasteiger partial charge in [-0.2, -0.15) is 0 Å². The maximum Gasteiger partial charge on any atom is 2.00 e. The van der Waals surface area contributed by atoms with Crippen molar-refractivity contribution >= 4 is 330 Å². The summed E-state index contributed by atoms with van der Waals surface area (Å²) in [5.74, 6) is 3.02. The van der Waals surface area contributed by atoms with Gasteiger partial charge in [0, 0.05) is 257 Å². The Balaban J connectivity index is 0.0000104. The summed E-state index contributed by atoms with van der Waals surface area (Å²) in [6, 6.07) is 39.8. The molecular formula is C56H44B40CuN4O4. The molecule has 6 aliphatic rings. The van der Waals surface area contributed by atoms with Crippen LogP contribution in [0.2, 0.25) is 48.5 Å². The Morgan fingerprint density at radius 2 is 0.514 bits per heavy atom. The number of hydrogen-bond acceptors (Lipinski definition) is 6. The third-order valence-corrected chi connectivity index (χ3v) is 22.2. The summed E-state index contributed by atoms with van der Waals surface area (Å²) in [5, 5.41) is 0. The van der Waals surface area contributed by atoms with Crippen LogP contribution in [-0.2, 0) is 17.1 Å². The molecule has 4 atom stereocenters. The van der Waals surface area contributed by atoms with Gasteiger partial charge in [0.05, 0.1) is 75.6 Å². The summed E-state index contributed by atoms with van der Waals surface area (Å²) >= 11 is 0. The van der Waals surface area contributed by atoms with Crippen molar-refractivity contribution in [3.05, 3.63) is 144 Å². The van der Waals surface area contributed by atoms with Crippen LogP contribution in [0.1, 0.15) is 22.8 Å². The molecule has 443 valence electrons. The SMILES string of the molecule is [B]B([B])B([B])B(B([B])[B])B1CC1COc1cccc(-c2c3nc(c(-c4cccc(OCC5CB5B(B([B])[B])B([B])B([B])[B])c4)c4ccc([n-]4)c(-c4cccc(OCC5CB5B(B([B])[B])B([B])B([B])[B])c4)c4nc(c(-c5cccc(OCC6CB6B(B([B])[B])B([B])B([B])[B])c5)c5ccc2[n-]5)C=C4)C=C3)c1.[Cu+2]. The molecule has 4 unspecified atom stereocenters. The van der Waals surface area contributed by atoms with E-state index in [0.717, 1.165) is 69.8 Å². The van der Waals surface area contributed by atoms with Crippen molar-refractivity contribution < 1.29 is 36.0 Å². The van der Waals surface area contributed by atoms with E-state index in [-0.39, 0.29) is 92.3 Å². The minimum absolute atomic E-state index is 0. The summed E-state index contributed by atoms with van der Waals surface area (Å²) in [6.45, 7) is 1.88. The third-order valence-electron chi connectivity index (χ3n) is 22.2. The number of hydrogen-bond donors (Lipinski definition) is 0. The van der Waals surface area contributed by atoms with Crippen molar-refractivity contribution in [2.45, 2.75) is 48.5 Å². The van der Waals surface area contributed by atoms with Crippen LogP contribution in [0.15, 0.2) is 121 Å². The molecule has 8 nitrogen and oxygen atoms in total. The fourth-order valence-electron chi connectivity index (χ4n) is 16.1. The van der Waals surface area contributed by atoms with Crippen LogP contribution < -0.4 is 28.9 Å². The van der Waals surface area contributed by atoms with Crippen molar-refractivity contribution in [2.24, 2.45) is 0 Å². The van der Waals surface area contributed by atoms with E-state index in [2.05, 4.69) is 0 Å². The normalized spacial score (nSPS) is 16.2. The molecule has 4 saturated heterocycles. The summed E-state index contributed by atoms with van der Waals surface area (Å²) in [7, 11) is 125. The largest absolute Gasteiger partial charge is 2.00 e. The zero-order chi connectivity index (χ0) is 73.7. The molecule has 8 bridgehead atoms. The molecule has 4 fully saturated rings.